The fraction of sp³-hybridized carbons (Fsp3) is 0.143. The number of pyridine rings is 1. The van der Waals surface area contributed by atoms with Crippen LogP contribution in [0.15, 0.2) is 41.4 Å². The standard InChI is InChI=1S/C14H11F3N2O3S/c1-23(21,22)10-4-2-3-8(5-10)12-11(13(18)20)6-9(7-19-12)14(15,16)17/h2-7H,1H3,(H2,18,20). The maximum Gasteiger partial charge on any atom is 0.417 e. The van der Waals surface area contributed by atoms with Crippen LogP contribution < -0.4 is 5.73 Å². The summed E-state index contributed by atoms with van der Waals surface area (Å²) in [5, 5.41) is 0. The number of nitrogens with zero attached hydrogens (tertiary/aromatic N) is 1. The highest BCUT2D eigenvalue weighted by molar-refractivity contribution is 7.90. The molecule has 0 aliphatic heterocycles. The lowest BCUT2D eigenvalue weighted by atomic mass is 10.0. The van der Waals surface area contributed by atoms with Crippen molar-refractivity contribution < 1.29 is 26.4 Å². The predicted molar refractivity (Wildman–Crippen MR) is 76.3 cm³/mol. The largest absolute Gasteiger partial charge is 0.417 e. The van der Waals surface area contributed by atoms with Crippen LogP contribution in [-0.2, 0) is 16.0 Å². The molecule has 0 atom stereocenters. The van der Waals surface area contributed by atoms with Crippen molar-refractivity contribution in [2.75, 3.05) is 6.26 Å². The Hall–Kier alpha value is -2.42. The number of hydrogen-bond acceptors (Lipinski definition) is 4. The molecule has 0 unspecified atom stereocenters. The number of halogens is 3. The quantitative estimate of drug-likeness (QED) is 0.925. The molecule has 1 amide bonds. The molecule has 0 fully saturated rings. The Morgan fingerprint density at radius 2 is 1.87 bits per heavy atom. The van der Waals surface area contributed by atoms with Crippen molar-refractivity contribution in [2.24, 2.45) is 5.73 Å². The third-order valence-corrected chi connectivity index (χ3v) is 4.13. The minimum absolute atomic E-state index is 0.0490. The zero-order valence-electron chi connectivity index (χ0n) is 11.8. The zero-order chi connectivity index (χ0) is 17.4. The first kappa shape index (κ1) is 16.9. The van der Waals surface area contributed by atoms with Crippen LogP contribution in [0, 0.1) is 0 Å². The Kier molecular flexibility index (Phi) is 4.16. The van der Waals surface area contributed by atoms with E-state index in [1.807, 2.05) is 0 Å². The summed E-state index contributed by atoms with van der Waals surface area (Å²) in [5.74, 6) is -1.09. The van der Waals surface area contributed by atoms with E-state index in [4.69, 9.17) is 5.73 Å². The molecule has 9 heteroatoms. The smallest absolute Gasteiger partial charge is 0.366 e. The number of hydrogen-bond donors (Lipinski definition) is 1. The third-order valence-electron chi connectivity index (χ3n) is 3.02. The average molecular weight is 344 g/mol. The third kappa shape index (κ3) is 3.67. The molecule has 1 aromatic heterocycles. The molecule has 23 heavy (non-hydrogen) atoms. The van der Waals surface area contributed by atoms with E-state index in [9.17, 15) is 26.4 Å². The van der Waals surface area contributed by atoms with Gasteiger partial charge in [-0.1, -0.05) is 12.1 Å². The Balaban J connectivity index is 2.67. The van der Waals surface area contributed by atoms with E-state index in [2.05, 4.69) is 4.98 Å². The summed E-state index contributed by atoms with van der Waals surface area (Å²) in [7, 11) is -3.52. The molecule has 0 saturated heterocycles. The van der Waals surface area contributed by atoms with E-state index >= 15 is 0 Å². The Bertz CT molecular complexity index is 877. The summed E-state index contributed by atoms with van der Waals surface area (Å²) in [6, 6.07) is 5.97. The van der Waals surface area contributed by atoms with E-state index in [0.29, 0.717) is 12.3 Å². The summed E-state index contributed by atoms with van der Waals surface area (Å²) < 4.78 is 61.3. The molecule has 2 N–H and O–H groups in total. The number of primary amides is 1. The number of carbonyl (C=O) groups excluding carboxylic acids is 1. The van der Waals surface area contributed by atoms with Gasteiger partial charge in [0, 0.05) is 18.0 Å². The van der Waals surface area contributed by atoms with Gasteiger partial charge < -0.3 is 5.73 Å². The summed E-state index contributed by atoms with van der Waals surface area (Å²) in [6.07, 6.45) is -3.12. The van der Waals surface area contributed by atoms with Crippen LogP contribution in [0.5, 0.6) is 0 Å². The molecule has 0 radical (unpaired) electrons. The second kappa shape index (κ2) is 5.65. The second-order valence-electron chi connectivity index (χ2n) is 4.78. The maximum atomic E-state index is 12.7. The highest BCUT2D eigenvalue weighted by Crippen LogP contribution is 2.32. The molecule has 122 valence electrons. The molecular weight excluding hydrogens is 333 g/mol. The number of nitrogens with two attached hydrogens (primary N) is 1. The first-order valence-corrected chi connectivity index (χ1v) is 8.07. The molecule has 2 rings (SSSR count). The van der Waals surface area contributed by atoms with E-state index in [1.165, 1.54) is 24.3 Å². The van der Waals surface area contributed by atoms with E-state index < -0.39 is 33.0 Å². The first-order valence-electron chi connectivity index (χ1n) is 6.17. The molecule has 1 heterocycles. The Labute approximate surface area is 129 Å². The van der Waals surface area contributed by atoms with Crippen molar-refractivity contribution >= 4 is 15.7 Å². The normalized spacial score (nSPS) is 12.2. The molecular formula is C14H11F3N2O3S. The number of amides is 1. The van der Waals surface area contributed by atoms with Gasteiger partial charge in [0.2, 0.25) is 0 Å². The van der Waals surface area contributed by atoms with Gasteiger partial charge >= 0.3 is 6.18 Å². The van der Waals surface area contributed by atoms with Gasteiger partial charge in [0.15, 0.2) is 9.84 Å². The lowest BCUT2D eigenvalue weighted by Gasteiger charge is -2.11. The van der Waals surface area contributed by atoms with Crippen LogP contribution >= 0.6 is 0 Å². The van der Waals surface area contributed by atoms with E-state index in [0.717, 1.165) is 6.26 Å². The Morgan fingerprint density at radius 3 is 2.39 bits per heavy atom. The topological polar surface area (TPSA) is 90.1 Å². The van der Waals surface area contributed by atoms with Gasteiger partial charge in [-0.05, 0) is 18.2 Å². The maximum absolute atomic E-state index is 12.7. The van der Waals surface area contributed by atoms with Crippen LogP contribution in [-0.4, -0.2) is 25.6 Å². The lowest BCUT2D eigenvalue weighted by molar-refractivity contribution is -0.137. The number of rotatable bonds is 3. The Morgan fingerprint density at radius 1 is 1.22 bits per heavy atom. The van der Waals surface area contributed by atoms with Crippen LogP contribution in [0.4, 0.5) is 13.2 Å². The van der Waals surface area contributed by atoms with Gasteiger partial charge in [0.05, 0.1) is 21.7 Å². The fourth-order valence-electron chi connectivity index (χ4n) is 1.91. The van der Waals surface area contributed by atoms with Gasteiger partial charge in [-0.25, -0.2) is 8.42 Å². The lowest BCUT2D eigenvalue weighted by Crippen LogP contribution is -2.16. The molecule has 0 aliphatic carbocycles. The van der Waals surface area contributed by atoms with Gasteiger partial charge in [-0.2, -0.15) is 13.2 Å². The van der Waals surface area contributed by atoms with Gasteiger partial charge in [0.1, 0.15) is 0 Å². The number of benzene rings is 1. The zero-order valence-corrected chi connectivity index (χ0v) is 12.6. The summed E-state index contributed by atoms with van der Waals surface area (Å²) in [5.41, 5.74) is 3.63. The van der Waals surface area contributed by atoms with Crippen LogP contribution in [0.3, 0.4) is 0 Å². The minimum atomic E-state index is -4.68. The molecule has 0 spiro atoms. The SMILES string of the molecule is CS(=O)(=O)c1cccc(-c2ncc(C(F)(F)F)cc2C(N)=O)c1. The van der Waals surface area contributed by atoms with Crippen molar-refractivity contribution in [3.63, 3.8) is 0 Å². The van der Waals surface area contributed by atoms with E-state index in [-0.39, 0.29) is 16.2 Å². The van der Waals surface area contributed by atoms with Crippen LogP contribution in [0.1, 0.15) is 15.9 Å². The monoisotopic (exact) mass is 344 g/mol. The molecule has 1 aromatic carbocycles. The van der Waals surface area contributed by atoms with Crippen molar-refractivity contribution in [1.29, 1.82) is 0 Å². The number of aromatic nitrogens is 1. The molecule has 2 aromatic rings. The molecule has 0 bridgehead atoms. The van der Waals surface area contributed by atoms with Crippen LogP contribution in [0.25, 0.3) is 11.3 Å². The highest BCUT2D eigenvalue weighted by Gasteiger charge is 2.32. The second-order valence-corrected chi connectivity index (χ2v) is 6.80. The first-order chi connectivity index (χ1) is 10.5. The summed E-state index contributed by atoms with van der Waals surface area (Å²) in [4.78, 5) is 15.0. The van der Waals surface area contributed by atoms with Crippen molar-refractivity contribution in [2.45, 2.75) is 11.1 Å². The van der Waals surface area contributed by atoms with Gasteiger partial charge in [-0.3, -0.25) is 9.78 Å². The summed E-state index contributed by atoms with van der Waals surface area (Å²) >= 11 is 0. The highest BCUT2D eigenvalue weighted by atomic mass is 32.2. The number of sulfone groups is 1. The summed E-state index contributed by atoms with van der Waals surface area (Å²) in [6.45, 7) is 0. The van der Waals surface area contributed by atoms with Crippen LogP contribution in [0.2, 0.25) is 0 Å². The number of carbonyl (C=O) groups is 1. The predicted octanol–water partition coefficient (Wildman–Crippen LogP) is 2.27. The van der Waals surface area contributed by atoms with Gasteiger partial charge in [-0.15, -0.1) is 0 Å². The van der Waals surface area contributed by atoms with Crippen molar-refractivity contribution in [3.8, 4) is 11.3 Å². The van der Waals surface area contributed by atoms with E-state index in [1.54, 1.807) is 0 Å². The molecule has 0 aliphatic rings. The fourth-order valence-corrected chi connectivity index (χ4v) is 2.58. The van der Waals surface area contributed by atoms with Crippen molar-refractivity contribution in [1.82, 2.24) is 4.98 Å². The molecule has 0 saturated carbocycles. The molecule has 5 nitrogen and oxygen atoms in total. The van der Waals surface area contributed by atoms with Crippen molar-refractivity contribution in [3.05, 3.63) is 47.7 Å². The average Bonchev–Trinajstić information content (AvgIpc) is 2.45. The van der Waals surface area contributed by atoms with Gasteiger partial charge in [0.25, 0.3) is 5.91 Å². The number of alkyl halides is 3. The minimum Gasteiger partial charge on any atom is -0.366 e.